The number of rotatable bonds is 7. The van der Waals surface area contributed by atoms with Crippen LogP contribution in [0.5, 0.6) is 0 Å². The van der Waals surface area contributed by atoms with Gasteiger partial charge in [0.15, 0.2) is 0 Å². The standard InChI is InChI=1S/C21H28N2O4/c24-18(25)10-9-17(13-15-5-2-1-3-6-15)22-20(26)23-14-21(11-4-12-27-21)19(23)16-7-8-16/h1-3,5-6,16-17,19H,4,7-14H2,(H,22,26)(H,24,25). The van der Waals surface area contributed by atoms with Gasteiger partial charge in [-0.2, -0.15) is 0 Å². The van der Waals surface area contributed by atoms with Crippen molar-refractivity contribution in [2.75, 3.05) is 13.2 Å². The molecule has 3 unspecified atom stereocenters. The molecule has 0 bridgehead atoms. The predicted octanol–water partition coefficient (Wildman–Crippen LogP) is 2.82. The first-order chi connectivity index (χ1) is 13.1. The largest absolute Gasteiger partial charge is 0.481 e. The molecule has 1 saturated carbocycles. The molecule has 2 aliphatic heterocycles. The average molecular weight is 372 g/mol. The lowest BCUT2D eigenvalue weighted by Crippen LogP contribution is -2.73. The van der Waals surface area contributed by atoms with Gasteiger partial charge in [0.2, 0.25) is 0 Å². The van der Waals surface area contributed by atoms with Crippen molar-refractivity contribution in [2.24, 2.45) is 5.92 Å². The topological polar surface area (TPSA) is 78.9 Å². The summed E-state index contributed by atoms with van der Waals surface area (Å²) < 4.78 is 6.05. The van der Waals surface area contributed by atoms with Gasteiger partial charge in [-0.3, -0.25) is 4.79 Å². The zero-order chi connectivity index (χ0) is 18.9. The fraction of sp³-hybridized carbons (Fsp3) is 0.619. The van der Waals surface area contributed by atoms with E-state index < -0.39 is 5.97 Å². The van der Waals surface area contributed by atoms with Crippen LogP contribution in [-0.2, 0) is 16.0 Å². The number of nitrogens with one attached hydrogen (secondary N) is 1. The number of carbonyl (C=O) groups excluding carboxylic acids is 1. The Morgan fingerprint density at radius 3 is 2.70 bits per heavy atom. The van der Waals surface area contributed by atoms with Crippen LogP contribution >= 0.6 is 0 Å². The first-order valence-corrected chi connectivity index (χ1v) is 10.0. The molecule has 146 valence electrons. The number of ether oxygens (including phenoxy) is 1. The highest BCUT2D eigenvalue weighted by molar-refractivity contribution is 5.77. The van der Waals surface area contributed by atoms with Gasteiger partial charge >= 0.3 is 12.0 Å². The Balaban J connectivity index is 1.40. The summed E-state index contributed by atoms with van der Waals surface area (Å²) in [6, 6.07) is 9.84. The number of likely N-dealkylation sites (tertiary alicyclic amines) is 1. The SMILES string of the molecule is O=C(O)CCC(Cc1ccccc1)NC(=O)N1CC2(CCCO2)C1C1CC1. The highest BCUT2D eigenvalue weighted by Crippen LogP contribution is 2.51. The van der Waals surface area contributed by atoms with Gasteiger partial charge in [-0.15, -0.1) is 0 Å². The van der Waals surface area contributed by atoms with Crippen LogP contribution in [0.2, 0.25) is 0 Å². The summed E-state index contributed by atoms with van der Waals surface area (Å²) in [5.74, 6) is -0.269. The first-order valence-electron chi connectivity index (χ1n) is 10.0. The van der Waals surface area contributed by atoms with Crippen LogP contribution in [-0.4, -0.2) is 52.8 Å². The molecule has 1 spiro atoms. The average Bonchev–Trinajstić information content (AvgIpc) is 3.31. The Morgan fingerprint density at radius 2 is 2.07 bits per heavy atom. The summed E-state index contributed by atoms with van der Waals surface area (Å²) in [6.45, 7) is 1.46. The summed E-state index contributed by atoms with van der Waals surface area (Å²) in [5, 5.41) is 12.2. The number of benzene rings is 1. The molecular formula is C21H28N2O4. The third-order valence-electron chi connectivity index (χ3n) is 6.14. The summed E-state index contributed by atoms with van der Waals surface area (Å²) in [5.41, 5.74) is 0.986. The van der Waals surface area contributed by atoms with Crippen molar-refractivity contribution in [1.82, 2.24) is 10.2 Å². The van der Waals surface area contributed by atoms with Crippen molar-refractivity contribution in [3.8, 4) is 0 Å². The van der Waals surface area contributed by atoms with Gasteiger partial charge in [0.25, 0.3) is 0 Å². The Bertz CT molecular complexity index is 683. The van der Waals surface area contributed by atoms with Crippen molar-refractivity contribution >= 4 is 12.0 Å². The second kappa shape index (κ2) is 7.50. The third kappa shape index (κ3) is 3.95. The molecule has 1 aromatic rings. The van der Waals surface area contributed by atoms with Gasteiger partial charge in [-0.1, -0.05) is 30.3 Å². The normalized spacial score (nSPS) is 28.0. The van der Waals surface area contributed by atoms with Crippen LogP contribution < -0.4 is 5.32 Å². The van der Waals surface area contributed by atoms with Crippen molar-refractivity contribution < 1.29 is 19.4 Å². The van der Waals surface area contributed by atoms with E-state index in [-0.39, 0.29) is 30.1 Å². The van der Waals surface area contributed by atoms with E-state index in [1.165, 1.54) is 12.8 Å². The van der Waals surface area contributed by atoms with Gasteiger partial charge in [0.05, 0.1) is 12.6 Å². The predicted molar refractivity (Wildman–Crippen MR) is 100 cm³/mol. The Kier molecular flexibility index (Phi) is 5.08. The van der Waals surface area contributed by atoms with E-state index in [0.29, 0.717) is 25.3 Å². The summed E-state index contributed by atoms with van der Waals surface area (Å²) in [7, 11) is 0. The summed E-state index contributed by atoms with van der Waals surface area (Å²) in [6.07, 6.45) is 5.59. The highest BCUT2D eigenvalue weighted by atomic mass is 16.5. The minimum Gasteiger partial charge on any atom is -0.481 e. The molecule has 2 saturated heterocycles. The quantitative estimate of drug-likeness (QED) is 0.771. The fourth-order valence-electron chi connectivity index (χ4n) is 4.70. The molecule has 0 radical (unpaired) electrons. The lowest BCUT2D eigenvalue weighted by Gasteiger charge is -2.55. The molecule has 1 aromatic carbocycles. The molecule has 27 heavy (non-hydrogen) atoms. The van der Waals surface area contributed by atoms with Crippen LogP contribution in [0.4, 0.5) is 4.79 Å². The van der Waals surface area contributed by atoms with Crippen molar-refractivity contribution in [2.45, 2.75) is 62.6 Å². The fourth-order valence-corrected chi connectivity index (χ4v) is 4.70. The van der Waals surface area contributed by atoms with Crippen LogP contribution in [0, 0.1) is 5.92 Å². The molecule has 2 amide bonds. The molecule has 1 aliphatic carbocycles. The summed E-state index contributed by atoms with van der Waals surface area (Å²) in [4.78, 5) is 25.9. The van der Waals surface area contributed by atoms with E-state index in [1.54, 1.807) is 0 Å². The number of aliphatic carboxylic acids is 1. The maximum absolute atomic E-state index is 13.0. The molecule has 6 heteroatoms. The maximum atomic E-state index is 13.0. The van der Waals surface area contributed by atoms with Crippen molar-refractivity contribution in [3.63, 3.8) is 0 Å². The molecule has 3 fully saturated rings. The monoisotopic (exact) mass is 372 g/mol. The number of carboxylic acid groups (broad SMARTS) is 1. The van der Waals surface area contributed by atoms with Crippen LogP contribution in [0.3, 0.4) is 0 Å². The van der Waals surface area contributed by atoms with Gasteiger partial charge in [-0.05, 0) is 50.0 Å². The van der Waals surface area contributed by atoms with Crippen molar-refractivity contribution in [1.29, 1.82) is 0 Å². The second-order valence-corrected chi connectivity index (χ2v) is 8.20. The Hall–Kier alpha value is -2.08. The van der Waals surface area contributed by atoms with E-state index in [2.05, 4.69) is 5.32 Å². The number of amides is 2. The molecule has 2 heterocycles. The van der Waals surface area contributed by atoms with Crippen LogP contribution in [0.15, 0.2) is 30.3 Å². The molecule has 3 aliphatic rings. The number of hydrogen-bond donors (Lipinski definition) is 2. The van der Waals surface area contributed by atoms with E-state index in [1.807, 2.05) is 35.2 Å². The number of urea groups is 1. The van der Waals surface area contributed by atoms with E-state index in [9.17, 15) is 9.59 Å². The highest BCUT2D eigenvalue weighted by Gasteiger charge is 2.61. The number of nitrogens with zero attached hydrogens (tertiary/aromatic N) is 1. The lowest BCUT2D eigenvalue weighted by atomic mass is 9.78. The van der Waals surface area contributed by atoms with E-state index in [4.69, 9.17) is 9.84 Å². The number of hydrogen-bond acceptors (Lipinski definition) is 3. The minimum atomic E-state index is -0.833. The van der Waals surface area contributed by atoms with E-state index in [0.717, 1.165) is 25.0 Å². The Morgan fingerprint density at radius 1 is 1.30 bits per heavy atom. The molecule has 4 rings (SSSR count). The molecule has 0 aromatic heterocycles. The zero-order valence-corrected chi connectivity index (χ0v) is 15.6. The van der Waals surface area contributed by atoms with Gasteiger partial charge in [0, 0.05) is 19.1 Å². The van der Waals surface area contributed by atoms with Gasteiger partial charge < -0.3 is 20.1 Å². The smallest absolute Gasteiger partial charge is 0.318 e. The van der Waals surface area contributed by atoms with Crippen LogP contribution in [0.1, 0.15) is 44.1 Å². The number of carboxylic acids is 1. The lowest BCUT2D eigenvalue weighted by molar-refractivity contribution is -0.147. The minimum absolute atomic E-state index is 0.0525. The molecule has 2 N–H and O–H groups in total. The van der Waals surface area contributed by atoms with E-state index >= 15 is 0 Å². The van der Waals surface area contributed by atoms with Crippen LogP contribution in [0.25, 0.3) is 0 Å². The van der Waals surface area contributed by atoms with Gasteiger partial charge in [-0.25, -0.2) is 4.79 Å². The third-order valence-corrected chi connectivity index (χ3v) is 6.14. The van der Waals surface area contributed by atoms with Gasteiger partial charge in [0.1, 0.15) is 5.60 Å². The molecular weight excluding hydrogens is 344 g/mol. The molecule has 3 atom stereocenters. The maximum Gasteiger partial charge on any atom is 0.318 e. The second-order valence-electron chi connectivity index (χ2n) is 8.20. The van der Waals surface area contributed by atoms with Crippen molar-refractivity contribution in [3.05, 3.63) is 35.9 Å². The number of carbonyl (C=O) groups is 2. The molecule has 6 nitrogen and oxygen atoms in total. The summed E-state index contributed by atoms with van der Waals surface area (Å²) >= 11 is 0. The first kappa shape index (κ1) is 18.3. The zero-order valence-electron chi connectivity index (χ0n) is 15.6. The Labute approximate surface area is 159 Å².